The molecule has 3 N–H and O–H groups in total. The van der Waals surface area contributed by atoms with Crippen LogP contribution >= 0.6 is 0 Å². The number of aromatic amines is 1. The molecule has 1 aliphatic carbocycles. The van der Waals surface area contributed by atoms with E-state index >= 15 is 0 Å². The number of hydrogen-bond acceptors (Lipinski definition) is 5. The van der Waals surface area contributed by atoms with Crippen molar-refractivity contribution in [2.45, 2.75) is 40.2 Å². The molecule has 0 aliphatic heterocycles. The Morgan fingerprint density at radius 1 is 1.44 bits per heavy atom. The molecule has 1 fully saturated rings. The van der Waals surface area contributed by atoms with Gasteiger partial charge in [0.1, 0.15) is 5.82 Å². The summed E-state index contributed by atoms with van der Waals surface area (Å²) in [5.41, 5.74) is 5.04. The normalized spacial score (nSPS) is 19.2. The van der Waals surface area contributed by atoms with Gasteiger partial charge in [0.25, 0.3) is 5.56 Å². The summed E-state index contributed by atoms with van der Waals surface area (Å²) in [7, 11) is 1.58. The number of ether oxygens (including phenoxy) is 1. The van der Waals surface area contributed by atoms with E-state index in [1.807, 2.05) is 20.8 Å². The van der Waals surface area contributed by atoms with Gasteiger partial charge >= 0.3 is 5.69 Å². The van der Waals surface area contributed by atoms with Crippen LogP contribution in [0.2, 0.25) is 0 Å². The largest absolute Gasteiger partial charge is 0.385 e. The van der Waals surface area contributed by atoms with Crippen LogP contribution in [0, 0.1) is 17.8 Å². The van der Waals surface area contributed by atoms with Gasteiger partial charge in [0.2, 0.25) is 5.91 Å². The maximum Gasteiger partial charge on any atom is 0.330 e. The minimum absolute atomic E-state index is 0.0431. The van der Waals surface area contributed by atoms with Gasteiger partial charge in [-0.1, -0.05) is 20.8 Å². The van der Waals surface area contributed by atoms with Crippen LogP contribution in [0.4, 0.5) is 11.5 Å². The maximum atomic E-state index is 12.8. The predicted octanol–water partition coefficient (Wildman–Crippen LogP) is 0.800. The first kappa shape index (κ1) is 19.2. The van der Waals surface area contributed by atoms with E-state index in [9.17, 15) is 14.4 Å². The van der Waals surface area contributed by atoms with Crippen LogP contribution in [-0.2, 0) is 16.1 Å². The van der Waals surface area contributed by atoms with Gasteiger partial charge in [-0.15, -0.1) is 0 Å². The summed E-state index contributed by atoms with van der Waals surface area (Å²) in [6.45, 7) is 7.06. The van der Waals surface area contributed by atoms with Crippen molar-refractivity contribution in [3.8, 4) is 0 Å². The number of H-pyrrole nitrogens is 1. The second kappa shape index (κ2) is 7.86. The van der Waals surface area contributed by atoms with Gasteiger partial charge in [-0.2, -0.15) is 0 Å². The molecule has 1 aromatic rings. The van der Waals surface area contributed by atoms with Gasteiger partial charge < -0.3 is 15.4 Å². The number of amides is 1. The third-order valence-corrected chi connectivity index (χ3v) is 4.45. The van der Waals surface area contributed by atoms with E-state index in [0.29, 0.717) is 32.0 Å². The lowest BCUT2D eigenvalue weighted by Gasteiger charge is -2.25. The zero-order valence-electron chi connectivity index (χ0n) is 15.4. The SMILES string of the molecule is COCCCN(C(=O)[C@@H]1C[C@@H]1C)c1c(N)n(CC(C)C)c(=O)[nH]c1=O. The molecule has 0 radical (unpaired) electrons. The highest BCUT2D eigenvalue weighted by molar-refractivity contribution is 5.98. The van der Waals surface area contributed by atoms with Crippen molar-refractivity contribution < 1.29 is 9.53 Å². The Morgan fingerprint density at radius 3 is 2.60 bits per heavy atom. The molecule has 140 valence electrons. The van der Waals surface area contributed by atoms with Gasteiger partial charge in [-0.25, -0.2) is 4.79 Å². The molecule has 1 aliphatic rings. The van der Waals surface area contributed by atoms with Crippen LogP contribution in [0.1, 0.15) is 33.6 Å². The fraction of sp³-hybridized carbons (Fsp3) is 0.706. The molecule has 2 rings (SSSR count). The summed E-state index contributed by atoms with van der Waals surface area (Å²) in [4.78, 5) is 41.1. The van der Waals surface area contributed by atoms with Crippen molar-refractivity contribution in [1.82, 2.24) is 9.55 Å². The third kappa shape index (κ3) is 4.31. The van der Waals surface area contributed by atoms with Crippen LogP contribution in [0.3, 0.4) is 0 Å². The average molecular weight is 352 g/mol. The van der Waals surface area contributed by atoms with Gasteiger partial charge in [0.05, 0.1) is 0 Å². The van der Waals surface area contributed by atoms with Crippen LogP contribution < -0.4 is 21.9 Å². The van der Waals surface area contributed by atoms with Crippen LogP contribution in [0.15, 0.2) is 9.59 Å². The predicted molar refractivity (Wildman–Crippen MR) is 96.7 cm³/mol. The molecule has 8 heteroatoms. The Kier molecular flexibility index (Phi) is 6.05. The van der Waals surface area contributed by atoms with Gasteiger partial charge in [0.15, 0.2) is 5.69 Å². The maximum absolute atomic E-state index is 12.8. The molecule has 0 bridgehead atoms. The zero-order chi connectivity index (χ0) is 18.7. The number of carbonyl (C=O) groups excluding carboxylic acids is 1. The van der Waals surface area contributed by atoms with E-state index in [4.69, 9.17) is 10.5 Å². The first-order valence-corrected chi connectivity index (χ1v) is 8.70. The minimum atomic E-state index is -0.624. The number of nitrogens with zero attached hydrogens (tertiary/aromatic N) is 2. The third-order valence-electron chi connectivity index (χ3n) is 4.45. The molecule has 1 saturated carbocycles. The highest BCUT2D eigenvalue weighted by Gasteiger charge is 2.42. The van der Waals surface area contributed by atoms with E-state index in [0.717, 1.165) is 6.42 Å². The smallest absolute Gasteiger partial charge is 0.330 e. The first-order valence-electron chi connectivity index (χ1n) is 8.70. The zero-order valence-corrected chi connectivity index (χ0v) is 15.4. The van der Waals surface area contributed by atoms with E-state index in [2.05, 4.69) is 4.98 Å². The number of nitrogens with two attached hydrogens (primary N) is 1. The van der Waals surface area contributed by atoms with Gasteiger partial charge in [0, 0.05) is 32.7 Å². The molecule has 0 unspecified atom stereocenters. The number of anilines is 2. The minimum Gasteiger partial charge on any atom is -0.385 e. The van der Waals surface area contributed by atoms with Gasteiger partial charge in [-0.3, -0.25) is 19.1 Å². The summed E-state index contributed by atoms with van der Waals surface area (Å²) < 4.78 is 6.38. The summed E-state index contributed by atoms with van der Waals surface area (Å²) in [5, 5.41) is 0. The molecule has 2 atom stereocenters. The number of hydrogen-bond donors (Lipinski definition) is 2. The number of methoxy groups -OCH3 is 1. The number of nitrogen functional groups attached to an aromatic ring is 1. The average Bonchev–Trinajstić information content (AvgIpc) is 3.26. The summed E-state index contributed by atoms with van der Waals surface area (Å²) in [6, 6.07) is 0. The lowest BCUT2D eigenvalue weighted by molar-refractivity contribution is -0.120. The fourth-order valence-corrected chi connectivity index (χ4v) is 2.95. The Hall–Kier alpha value is -2.09. The van der Waals surface area contributed by atoms with Crippen LogP contribution in [0.5, 0.6) is 0 Å². The monoisotopic (exact) mass is 352 g/mol. The summed E-state index contributed by atoms with van der Waals surface area (Å²) >= 11 is 0. The molecular formula is C17H28N4O4. The molecule has 0 spiro atoms. The topological polar surface area (TPSA) is 110 Å². The highest BCUT2D eigenvalue weighted by atomic mass is 16.5. The highest BCUT2D eigenvalue weighted by Crippen LogP contribution is 2.40. The van der Waals surface area contributed by atoms with E-state index in [1.54, 1.807) is 7.11 Å². The van der Waals surface area contributed by atoms with Crippen molar-refractivity contribution in [3.05, 3.63) is 20.8 Å². The second-order valence-electron chi connectivity index (χ2n) is 7.15. The van der Waals surface area contributed by atoms with Crippen molar-refractivity contribution >= 4 is 17.4 Å². The van der Waals surface area contributed by atoms with Crippen molar-refractivity contribution in [2.75, 3.05) is 30.9 Å². The Morgan fingerprint density at radius 2 is 2.08 bits per heavy atom. The van der Waals surface area contributed by atoms with Crippen LogP contribution in [-0.4, -0.2) is 35.7 Å². The molecule has 1 amide bonds. The molecular weight excluding hydrogens is 324 g/mol. The lowest BCUT2D eigenvalue weighted by atomic mass is 10.2. The van der Waals surface area contributed by atoms with E-state index < -0.39 is 11.2 Å². The second-order valence-corrected chi connectivity index (χ2v) is 7.15. The Bertz CT molecular complexity index is 737. The molecule has 8 nitrogen and oxygen atoms in total. The van der Waals surface area contributed by atoms with Crippen LogP contribution in [0.25, 0.3) is 0 Å². The Labute approximate surface area is 147 Å². The summed E-state index contributed by atoms with van der Waals surface area (Å²) in [6.07, 6.45) is 1.38. The van der Waals surface area contributed by atoms with E-state index in [-0.39, 0.29) is 29.2 Å². The molecule has 1 heterocycles. The lowest BCUT2D eigenvalue weighted by Crippen LogP contribution is -2.43. The van der Waals surface area contributed by atoms with Crippen molar-refractivity contribution in [3.63, 3.8) is 0 Å². The molecule has 25 heavy (non-hydrogen) atoms. The number of rotatable bonds is 8. The first-order chi connectivity index (χ1) is 11.8. The van der Waals surface area contributed by atoms with E-state index in [1.165, 1.54) is 9.47 Å². The van der Waals surface area contributed by atoms with Crippen molar-refractivity contribution in [1.29, 1.82) is 0 Å². The molecule has 1 aromatic heterocycles. The molecule has 0 saturated heterocycles. The number of nitrogens with one attached hydrogen (secondary N) is 1. The number of carbonyl (C=O) groups is 1. The standard InChI is InChI=1S/C17H28N4O4/c1-10(2)9-21-14(18)13(15(22)19-17(21)24)20(6-5-7-25-4)16(23)12-8-11(12)3/h10-12H,5-9,18H2,1-4H3,(H,19,22,24)/t11-,12+/m0/s1. The molecule has 0 aromatic carbocycles. The fourth-order valence-electron chi connectivity index (χ4n) is 2.95. The van der Waals surface area contributed by atoms with Crippen molar-refractivity contribution in [2.24, 2.45) is 17.8 Å². The van der Waals surface area contributed by atoms with Gasteiger partial charge in [-0.05, 0) is 24.7 Å². The summed E-state index contributed by atoms with van der Waals surface area (Å²) in [5.74, 6) is 0.308. The Balaban J connectivity index is 2.46. The quantitative estimate of drug-likeness (QED) is 0.672. The number of aromatic nitrogens is 2.